The molecule has 0 radical (unpaired) electrons. The van der Waals surface area contributed by atoms with Crippen molar-refractivity contribution in [2.75, 3.05) is 6.54 Å². The van der Waals surface area contributed by atoms with Crippen LogP contribution in [0.15, 0.2) is 36.6 Å². The number of rotatable bonds is 4. The van der Waals surface area contributed by atoms with E-state index in [9.17, 15) is 0 Å². The fourth-order valence-electron chi connectivity index (χ4n) is 0.737. The van der Waals surface area contributed by atoms with Crippen molar-refractivity contribution in [1.82, 2.24) is 5.32 Å². The summed E-state index contributed by atoms with van der Waals surface area (Å²) in [5.74, 6) is 0. The molecule has 0 aliphatic heterocycles. The van der Waals surface area contributed by atoms with Crippen LogP contribution in [0.25, 0.3) is 0 Å². The molecule has 0 saturated heterocycles. The minimum atomic E-state index is 0.142. The third-order valence-electron chi connectivity index (χ3n) is 1.85. The first-order valence-electron chi connectivity index (χ1n) is 4.68. The maximum Gasteiger partial charge on any atom is 0.0267 e. The van der Waals surface area contributed by atoms with Crippen LogP contribution in [0, 0.1) is 5.41 Å². The average molecular weight is 179 g/mol. The van der Waals surface area contributed by atoms with E-state index in [2.05, 4.69) is 46.2 Å². The summed E-state index contributed by atoms with van der Waals surface area (Å²) in [5, 5.41) is 3.13. The van der Waals surface area contributed by atoms with Crippen LogP contribution < -0.4 is 5.32 Å². The minimum absolute atomic E-state index is 0.142. The van der Waals surface area contributed by atoms with Gasteiger partial charge in [0.2, 0.25) is 0 Å². The Labute approximate surface area is 82.2 Å². The van der Waals surface area contributed by atoms with Crippen molar-refractivity contribution in [3.05, 3.63) is 36.6 Å². The fourth-order valence-corrected chi connectivity index (χ4v) is 0.737. The zero-order valence-corrected chi connectivity index (χ0v) is 9.28. The van der Waals surface area contributed by atoms with Crippen LogP contribution >= 0.6 is 0 Å². The van der Waals surface area contributed by atoms with Crippen LogP contribution in [0.5, 0.6) is 0 Å². The van der Waals surface area contributed by atoms with Gasteiger partial charge in [0.15, 0.2) is 0 Å². The van der Waals surface area contributed by atoms with E-state index in [0.29, 0.717) is 0 Å². The van der Waals surface area contributed by atoms with Gasteiger partial charge in [-0.15, -0.1) is 0 Å². The molecule has 0 spiro atoms. The monoisotopic (exact) mass is 179 g/mol. The zero-order chi connectivity index (χ0) is 10.5. The fraction of sp³-hybridized carbons (Fsp3) is 0.500. The molecule has 0 rings (SSSR count). The van der Waals surface area contributed by atoms with E-state index in [4.69, 9.17) is 0 Å². The maximum atomic E-state index is 4.00. The van der Waals surface area contributed by atoms with Crippen LogP contribution in [-0.2, 0) is 0 Å². The first kappa shape index (κ1) is 12.0. The molecule has 0 bridgehead atoms. The van der Waals surface area contributed by atoms with Gasteiger partial charge in [0, 0.05) is 12.2 Å². The van der Waals surface area contributed by atoms with Gasteiger partial charge in [-0.2, -0.15) is 0 Å². The summed E-state index contributed by atoms with van der Waals surface area (Å²) in [6.45, 7) is 17.3. The van der Waals surface area contributed by atoms with Crippen LogP contribution in [-0.4, -0.2) is 6.54 Å². The molecule has 1 nitrogen and oxygen atoms in total. The van der Waals surface area contributed by atoms with E-state index in [1.54, 1.807) is 0 Å². The molecule has 1 N–H and O–H groups in total. The van der Waals surface area contributed by atoms with Gasteiger partial charge in [-0.1, -0.05) is 40.0 Å². The molecule has 0 aromatic carbocycles. The summed E-state index contributed by atoms with van der Waals surface area (Å²) in [5.41, 5.74) is 2.20. The molecule has 1 heteroatoms. The highest BCUT2D eigenvalue weighted by atomic mass is 14.8. The summed E-state index contributed by atoms with van der Waals surface area (Å²) in [6.07, 6.45) is 3.99. The standard InChI is InChI=1S/C12H21N/c1-7-13-11(3)9-8-10(2)12(4,5)6/h8-9,13H,2-3,7H2,1,4-6H3/b9-8-. The van der Waals surface area contributed by atoms with Gasteiger partial charge in [0.1, 0.15) is 0 Å². The second-order valence-electron chi connectivity index (χ2n) is 4.16. The Balaban J connectivity index is 4.13. The van der Waals surface area contributed by atoms with Crippen LogP contribution in [0.2, 0.25) is 0 Å². The highest BCUT2D eigenvalue weighted by Crippen LogP contribution is 2.24. The molecule has 0 saturated carbocycles. The quantitative estimate of drug-likeness (QED) is 0.653. The second kappa shape index (κ2) is 4.90. The van der Waals surface area contributed by atoms with Gasteiger partial charge in [0.05, 0.1) is 0 Å². The maximum absolute atomic E-state index is 4.00. The molecule has 13 heavy (non-hydrogen) atoms. The molecular weight excluding hydrogens is 158 g/mol. The molecular formula is C12H21N. The number of nitrogens with one attached hydrogen (secondary N) is 1. The average Bonchev–Trinajstić information content (AvgIpc) is 1.99. The smallest absolute Gasteiger partial charge is 0.0267 e. The third kappa shape index (κ3) is 5.29. The summed E-state index contributed by atoms with van der Waals surface area (Å²) in [6, 6.07) is 0. The van der Waals surface area contributed by atoms with Gasteiger partial charge < -0.3 is 5.32 Å². The van der Waals surface area contributed by atoms with Crippen molar-refractivity contribution < 1.29 is 0 Å². The van der Waals surface area contributed by atoms with Crippen LogP contribution in [0.1, 0.15) is 27.7 Å². The van der Waals surface area contributed by atoms with Crippen molar-refractivity contribution in [3.63, 3.8) is 0 Å². The Morgan fingerprint density at radius 2 is 1.77 bits per heavy atom. The third-order valence-corrected chi connectivity index (χ3v) is 1.85. The van der Waals surface area contributed by atoms with Crippen LogP contribution in [0.3, 0.4) is 0 Å². The Kier molecular flexibility index (Phi) is 4.53. The molecule has 74 valence electrons. The molecule has 0 aliphatic carbocycles. The lowest BCUT2D eigenvalue weighted by Gasteiger charge is -2.18. The first-order chi connectivity index (χ1) is 5.88. The van der Waals surface area contributed by atoms with E-state index in [0.717, 1.165) is 17.8 Å². The van der Waals surface area contributed by atoms with Gasteiger partial charge >= 0.3 is 0 Å². The van der Waals surface area contributed by atoms with Crippen molar-refractivity contribution in [3.8, 4) is 0 Å². The molecule has 0 atom stereocenters. The second-order valence-corrected chi connectivity index (χ2v) is 4.16. The highest BCUT2D eigenvalue weighted by molar-refractivity contribution is 5.26. The van der Waals surface area contributed by atoms with Crippen molar-refractivity contribution >= 4 is 0 Å². The largest absolute Gasteiger partial charge is 0.386 e. The van der Waals surface area contributed by atoms with Crippen molar-refractivity contribution in [2.45, 2.75) is 27.7 Å². The molecule has 0 aliphatic rings. The minimum Gasteiger partial charge on any atom is -0.386 e. The lowest BCUT2D eigenvalue weighted by Crippen LogP contribution is -2.10. The Bertz CT molecular complexity index is 216. The summed E-state index contributed by atoms with van der Waals surface area (Å²) in [7, 11) is 0. The predicted molar refractivity (Wildman–Crippen MR) is 60.6 cm³/mol. The molecule has 0 amide bonds. The number of allylic oxidation sites excluding steroid dienone is 3. The Hall–Kier alpha value is -0.980. The Morgan fingerprint density at radius 3 is 2.15 bits per heavy atom. The zero-order valence-electron chi connectivity index (χ0n) is 9.28. The van der Waals surface area contributed by atoms with E-state index in [1.807, 2.05) is 12.2 Å². The SMILES string of the molecule is C=C(/C=C\C(=C)C(C)(C)C)NCC. The molecule has 0 heterocycles. The number of likely N-dealkylation sites (N-methyl/N-ethyl adjacent to an activating group) is 1. The lowest BCUT2D eigenvalue weighted by atomic mass is 9.87. The summed E-state index contributed by atoms with van der Waals surface area (Å²) >= 11 is 0. The van der Waals surface area contributed by atoms with Crippen LogP contribution in [0.4, 0.5) is 0 Å². The first-order valence-corrected chi connectivity index (χ1v) is 4.68. The Morgan fingerprint density at radius 1 is 1.23 bits per heavy atom. The topological polar surface area (TPSA) is 12.0 Å². The normalized spacial score (nSPS) is 11.7. The van der Waals surface area contributed by atoms with Gasteiger partial charge in [0.25, 0.3) is 0 Å². The number of hydrogen-bond acceptors (Lipinski definition) is 1. The highest BCUT2D eigenvalue weighted by Gasteiger charge is 2.11. The lowest BCUT2D eigenvalue weighted by molar-refractivity contribution is 0.519. The van der Waals surface area contributed by atoms with E-state index < -0.39 is 0 Å². The summed E-state index contributed by atoms with van der Waals surface area (Å²) < 4.78 is 0. The number of hydrogen-bond donors (Lipinski definition) is 1. The predicted octanol–water partition coefficient (Wildman–Crippen LogP) is 3.27. The van der Waals surface area contributed by atoms with Crippen molar-refractivity contribution in [1.29, 1.82) is 0 Å². The molecule has 0 aromatic rings. The molecule has 0 aromatic heterocycles. The van der Waals surface area contributed by atoms with Crippen molar-refractivity contribution in [2.24, 2.45) is 5.41 Å². The molecule has 0 fully saturated rings. The van der Waals surface area contributed by atoms with Gasteiger partial charge in [-0.05, 0) is 24.0 Å². The van der Waals surface area contributed by atoms with E-state index in [1.165, 1.54) is 0 Å². The molecule has 0 unspecified atom stereocenters. The van der Waals surface area contributed by atoms with E-state index >= 15 is 0 Å². The van der Waals surface area contributed by atoms with Gasteiger partial charge in [-0.3, -0.25) is 0 Å². The summed E-state index contributed by atoms with van der Waals surface area (Å²) in [4.78, 5) is 0. The van der Waals surface area contributed by atoms with Gasteiger partial charge in [-0.25, -0.2) is 0 Å². The van der Waals surface area contributed by atoms with E-state index in [-0.39, 0.29) is 5.41 Å².